The van der Waals surface area contributed by atoms with Crippen molar-refractivity contribution in [3.63, 3.8) is 0 Å². The first-order valence-electron chi connectivity index (χ1n) is 4.93. The quantitative estimate of drug-likeness (QED) is 0.620. The third-order valence-electron chi connectivity index (χ3n) is 1.82. The lowest BCUT2D eigenvalue weighted by Crippen LogP contribution is -2.48. The summed E-state index contributed by atoms with van der Waals surface area (Å²) in [4.78, 5) is 21.5. The van der Waals surface area contributed by atoms with Gasteiger partial charge in [-0.2, -0.15) is 0 Å². The van der Waals surface area contributed by atoms with Gasteiger partial charge in [-0.15, -0.1) is 0 Å². The van der Waals surface area contributed by atoms with Crippen LogP contribution >= 0.6 is 0 Å². The summed E-state index contributed by atoms with van der Waals surface area (Å²) in [5.41, 5.74) is 8.28. The summed E-state index contributed by atoms with van der Waals surface area (Å²) in [5, 5.41) is 0. The Labute approximate surface area is 95.3 Å². The Morgan fingerprint density at radius 2 is 1.62 bits per heavy atom. The zero-order chi connectivity index (χ0) is 13.0. The monoisotopic (exact) mass is 232 g/mol. The Balaban J connectivity index is 4.23. The van der Waals surface area contributed by atoms with Crippen molar-refractivity contribution in [2.45, 2.75) is 38.9 Å². The van der Waals surface area contributed by atoms with Crippen LogP contribution in [-0.4, -0.2) is 36.2 Å². The Bertz CT molecular complexity index is 274. The number of nitrogens with two attached hydrogens (primary N) is 2. The molecule has 0 aromatic carbocycles. The molecular weight excluding hydrogens is 212 g/mol. The van der Waals surface area contributed by atoms with Gasteiger partial charge in [0.1, 0.15) is 12.2 Å². The van der Waals surface area contributed by atoms with Gasteiger partial charge in [-0.1, -0.05) is 0 Å². The Morgan fingerprint density at radius 1 is 1.12 bits per heavy atom. The number of carbonyl (C=O) groups excluding carboxylic acids is 2. The summed E-state index contributed by atoms with van der Waals surface area (Å²) in [6, 6.07) is 0. The number of rotatable bonds is 7. The average Bonchev–Trinajstić information content (AvgIpc) is 1.99. The van der Waals surface area contributed by atoms with Crippen molar-refractivity contribution in [1.82, 2.24) is 0 Å². The second-order valence-electron chi connectivity index (χ2n) is 4.70. The predicted octanol–water partition coefficient (Wildman–Crippen LogP) is -0.453. The number of ether oxygens (including phenoxy) is 2. The third kappa shape index (κ3) is 5.67. The molecule has 0 aliphatic carbocycles. The fraction of sp³-hybridized carbons (Fsp3) is 0.800. The van der Waals surface area contributed by atoms with Crippen LogP contribution in [0.2, 0.25) is 0 Å². The lowest BCUT2D eigenvalue weighted by molar-refractivity contribution is -0.171. The second-order valence-corrected chi connectivity index (χ2v) is 4.70. The summed E-state index contributed by atoms with van der Waals surface area (Å²) in [5.74, 6) is -1.11. The van der Waals surface area contributed by atoms with Gasteiger partial charge in [-0.25, -0.2) is 0 Å². The van der Waals surface area contributed by atoms with Gasteiger partial charge in [0.05, 0.1) is 12.2 Å². The van der Waals surface area contributed by atoms with Crippen molar-refractivity contribution >= 4 is 11.8 Å². The highest BCUT2D eigenvalue weighted by molar-refractivity contribution is 5.82. The van der Waals surface area contributed by atoms with Crippen LogP contribution in [0.4, 0.5) is 0 Å². The largest absolute Gasteiger partial charge is 0.369 e. The van der Waals surface area contributed by atoms with Crippen molar-refractivity contribution in [1.29, 1.82) is 0 Å². The average molecular weight is 232 g/mol. The Morgan fingerprint density at radius 3 is 2.00 bits per heavy atom. The lowest BCUT2D eigenvalue weighted by atomic mass is 10.1. The van der Waals surface area contributed by atoms with E-state index in [0.29, 0.717) is 0 Å². The summed E-state index contributed by atoms with van der Waals surface area (Å²) in [6.45, 7) is 6.59. The van der Waals surface area contributed by atoms with Crippen molar-refractivity contribution in [3.8, 4) is 0 Å². The smallest absolute Gasteiger partial charge is 0.249 e. The van der Waals surface area contributed by atoms with Gasteiger partial charge in [0, 0.05) is 0 Å². The molecule has 0 radical (unpaired) electrons. The fourth-order valence-electron chi connectivity index (χ4n) is 1.17. The fourth-order valence-corrected chi connectivity index (χ4v) is 1.17. The number of carbonyl (C=O) groups is 2. The minimum atomic E-state index is -1.08. The summed E-state index contributed by atoms with van der Waals surface area (Å²) < 4.78 is 10.6. The van der Waals surface area contributed by atoms with E-state index >= 15 is 0 Å². The molecule has 0 heterocycles. The van der Waals surface area contributed by atoms with Crippen LogP contribution in [0.25, 0.3) is 0 Å². The highest BCUT2D eigenvalue weighted by Gasteiger charge is 2.34. The van der Waals surface area contributed by atoms with Crippen molar-refractivity contribution in [2.24, 2.45) is 11.5 Å². The first kappa shape index (κ1) is 14.9. The molecule has 0 aliphatic heterocycles. The van der Waals surface area contributed by atoms with Gasteiger partial charge in [0.15, 0.2) is 0 Å². The Hall–Kier alpha value is -1.14. The standard InChI is InChI=1S/C10H20N2O4/c1-9(2,6-15-5-7(11)13)16-10(3,4)8(12)14/h5-6H2,1-4H3,(H2,11,13)(H2,12,14). The third-order valence-corrected chi connectivity index (χ3v) is 1.82. The lowest BCUT2D eigenvalue weighted by Gasteiger charge is -2.33. The molecule has 6 nitrogen and oxygen atoms in total. The normalized spacial score (nSPS) is 12.5. The van der Waals surface area contributed by atoms with Gasteiger partial charge >= 0.3 is 0 Å². The molecule has 2 amide bonds. The van der Waals surface area contributed by atoms with Gasteiger partial charge in [-0.3, -0.25) is 9.59 Å². The zero-order valence-corrected chi connectivity index (χ0v) is 10.2. The molecule has 0 unspecified atom stereocenters. The molecule has 0 aromatic heterocycles. The minimum absolute atomic E-state index is 0.145. The zero-order valence-electron chi connectivity index (χ0n) is 10.2. The van der Waals surface area contributed by atoms with E-state index in [1.165, 1.54) is 0 Å². The van der Waals surface area contributed by atoms with Gasteiger partial charge < -0.3 is 20.9 Å². The molecular formula is C10H20N2O4. The van der Waals surface area contributed by atoms with E-state index in [-0.39, 0.29) is 13.2 Å². The highest BCUT2D eigenvalue weighted by Crippen LogP contribution is 2.20. The van der Waals surface area contributed by atoms with E-state index < -0.39 is 23.0 Å². The molecule has 0 bridgehead atoms. The highest BCUT2D eigenvalue weighted by atomic mass is 16.6. The van der Waals surface area contributed by atoms with E-state index in [4.69, 9.17) is 20.9 Å². The molecule has 16 heavy (non-hydrogen) atoms. The molecule has 0 spiro atoms. The summed E-state index contributed by atoms with van der Waals surface area (Å²) in [6.07, 6.45) is 0. The van der Waals surface area contributed by atoms with Gasteiger partial charge in [0.2, 0.25) is 11.8 Å². The van der Waals surface area contributed by atoms with Crippen LogP contribution in [-0.2, 0) is 19.1 Å². The second kappa shape index (κ2) is 5.27. The molecule has 94 valence electrons. The molecule has 6 heteroatoms. The number of amides is 2. The van der Waals surface area contributed by atoms with Gasteiger partial charge in [0.25, 0.3) is 0 Å². The van der Waals surface area contributed by atoms with Crippen LogP contribution in [0.3, 0.4) is 0 Å². The maximum absolute atomic E-state index is 11.1. The number of hydrogen-bond acceptors (Lipinski definition) is 4. The van der Waals surface area contributed by atoms with Crippen LogP contribution in [0, 0.1) is 0 Å². The van der Waals surface area contributed by atoms with Gasteiger partial charge in [-0.05, 0) is 27.7 Å². The van der Waals surface area contributed by atoms with Crippen LogP contribution < -0.4 is 11.5 Å². The number of hydrogen-bond donors (Lipinski definition) is 2. The van der Waals surface area contributed by atoms with Crippen LogP contribution in [0.15, 0.2) is 0 Å². The maximum Gasteiger partial charge on any atom is 0.249 e. The van der Waals surface area contributed by atoms with E-state index in [9.17, 15) is 9.59 Å². The Kier molecular flexibility index (Phi) is 4.89. The van der Waals surface area contributed by atoms with E-state index in [1.54, 1.807) is 27.7 Å². The van der Waals surface area contributed by atoms with E-state index in [0.717, 1.165) is 0 Å². The maximum atomic E-state index is 11.1. The van der Waals surface area contributed by atoms with Crippen molar-refractivity contribution in [2.75, 3.05) is 13.2 Å². The first-order valence-corrected chi connectivity index (χ1v) is 4.93. The van der Waals surface area contributed by atoms with Crippen LogP contribution in [0.1, 0.15) is 27.7 Å². The first-order chi connectivity index (χ1) is 7.07. The van der Waals surface area contributed by atoms with Crippen molar-refractivity contribution in [3.05, 3.63) is 0 Å². The van der Waals surface area contributed by atoms with Crippen LogP contribution in [0.5, 0.6) is 0 Å². The molecule has 0 atom stereocenters. The molecule has 0 aliphatic rings. The molecule has 0 saturated heterocycles. The molecule has 0 fully saturated rings. The van der Waals surface area contributed by atoms with E-state index in [1.807, 2.05) is 0 Å². The molecule has 0 aromatic rings. The topological polar surface area (TPSA) is 105 Å². The molecule has 0 saturated carbocycles. The SMILES string of the molecule is CC(C)(COCC(N)=O)OC(C)(C)C(N)=O. The minimum Gasteiger partial charge on any atom is -0.369 e. The molecule has 0 rings (SSSR count). The number of primary amides is 2. The van der Waals surface area contributed by atoms with E-state index in [2.05, 4.69) is 0 Å². The molecule has 4 N–H and O–H groups in total. The predicted molar refractivity (Wildman–Crippen MR) is 58.5 cm³/mol. The summed E-state index contributed by atoms with van der Waals surface area (Å²) >= 11 is 0. The summed E-state index contributed by atoms with van der Waals surface area (Å²) in [7, 11) is 0. The van der Waals surface area contributed by atoms with Crippen molar-refractivity contribution < 1.29 is 19.1 Å².